The van der Waals surface area contributed by atoms with Crippen LogP contribution in [-0.4, -0.2) is 55.0 Å². The Kier molecular flexibility index (Phi) is 8.06. The van der Waals surface area contributed by atoms with Crippen LogP contribution in [0, 0.1) is 0 Å². The number of pyridine rings is 1. The van der Waals surface area contributed by atoms with Crippen LogP contribution in [0.5, 0.6) is 0 Å². The number of anilines is 3. The molecule has 7 nitrogen and oxygen atoms in total. The molecule has 0 aliphatic carbocycles. The van der Waals surface area contributed by atoms with Crippen LogP contribution in [0.15, 0.2) is 42.6 Å². The van der Waals surface area contributed by atoms with Crippen molar-refractivity contribution in [2.75, 3.05) is 43.0 Å². The molecule has 0 atom stereocenters. The van der Waals surface area contributed by atoms with Gasteiger partial charge in [-0.1, -0.05) is 18.5 Å². The lowest BCUT2D eigenvalue weighted by molar-refractivity contribution is -0.137. The zero-order valence-electron chi connectivity index (χ0n) is 20.1. The van der Waals surface area contributed by atoms with Gasteiger partial charge >= 0.3 is 6.18 Å². The number of carbonyl (C=O) groups is 2. The van der Waals surface area contributed by atoms with E-state index in [0.717, 1.165) is 6.07 Å². The van der Waals surface area contributed by atoms with E-state index in [9.17, 15) is 22.8 Å². The second kappa shape index (κ2) is 11.2. The fourth-order valence-electron chi connectivity index (χ4n) is 4.44. The summed E-state index contributed by atoms with van der Waals surface area (Å²) in [5.74, 6) is -0.00531. The molecule has 1 aliphatic rings. The second-order valence-corrected chi connectivity index (χ2v) is 9.05. The van der Waals surface area contributed by atoms with Gasteiger partial charge in [-0.25, -0.2) is 0 Å². The fourth-order valence-corrected chi connectivity index (χ4v) is 4.61. The number of ether oxygens (including phenoxy) is 1. The van der Waals surface area contributed by atoms with Gasteiger partial charge in [0, 0.05) is 67.0 Å². The van der Waals surface area contributed by atoms with Crippen molar-refractivity contribution in [1.29, 1.82) is 0 Å². The van der Waals surface area contributed by atoms with Crippen LogP contribution in [-0.2, 0) is 26.9 Å². The Bertz CT molecular complexity index is 1290. The van der Waals surface area contributed by atoms with Crippen molar-refractivity contribution in [3.63, 3.8) is 0 Å². The minimum absolute atomic E-state index is 0.00531. The molecule has 2 heterocycles. The summed E-state index contributed by atoms with van der Waals surface area (Å²) in [6, 6.07) is 9.22. The van der Waals surface area contributed by atoms with E-state index in [1.54, 1.807) is 47.2 Å². The van der Waals surface area contributed by atoms with Gasteiger partial charge in [0.05, 0.1) is 23.4 Å². The van der Waals surface area contributed by atoms with Crippen LogP contribution in [0.4, 0.5) is 30.2 Å². The lowest BCUT2D eigenvalue weighted by Crippen LogP contribution is -2.49. The summed E-state index contributed by atoms with van der Waals surface area (Å²) in [5, 5.41) is 4.21. The molecule has 0 radical (unpaired) electrons. The summed E-state index contributed by atoms with van der Waals surface area (Å²) in [7, 11) is 0. The molecule has 0 spiro atoms. The Morgan fingerprint density at radius 2 is 1.92 bits per heavy atom. The van der Waals surface area contributed by atoms with Crippen LogP contribution < -0.4 is 10.2 Å². The molecule has 3 aromatic rings. The number of fused-ring (bicyclic) bond motifs is 1. The summed E-state index contributed by atoms with van der Waals surface area (Å²) >= 11 is 6.20. The standard InChI is InChI=1S/C26H26ClF3N4O3/c1-2-24(36)34-10-8-33(9-11-34)23-6-4-19(14-21(23)26(28,29)30)32-25-17(7-12-37-16-35)15-31-22-5-3-18(27)13-20(22)25/h3-6,13-16H,2,7-12H2,1H3,(H,31,32). The Balaban J connectivity index is 1.68. The van der Waals surface area contributed by atoms with Crippen molar-refractivity contribution < 1.29 is 27.5 Å². The number of hydrogen-bond donors (Lipinski definition) is 1. The number of nitrogens with zero attached hydrogens (tertiary/aromatic N) is 3. The molecule has 4 rings (SSSR count). The summed E-state index contributed by atoms with van der Waals surface area (Å²) in [5.41, 5.74) is 1.35. The minimum Gasteiger partial charge on any atom is -0.468 e. The Hall–Kier alpha value is -3.53. The smallest absolute Gasteiger partial charge is 0.418 e. The van der Waals surface area contributed by atoms with Crippen molar-refractivity contribution in [2.24, 2.45) is 0 Å². The third-order valence-corrected chi connectivity index (χ3v) is 6.55. The third-order valence-electron chi connectivity index (χ3n) is 6.31. The molecule has 196 valence electrons. The molecule has 0 bridgehead atoms. The molecule has 1 N–H and O–H groups in total. The van der Waals surface area contributed by atoms with Crippen LogP contribution in [0.2, 0.25) is 5.02 Å². The van der Waals surface area contributed by atoms with E-state index < -0.39 is 11.7 Å². The van der Waals surface area contributed by atoms with Crippen LogP contribution in [0.1, 0.15) is 24.5 Å². The molecule has 2 aromatic carbocycles. The van der Waals surface area contributed by atoms with E-state index in [4.69, 9.17) is 16.3 Å². The van der Waals surface area contributed by atoms with Crippen LogP contribution in [0.3, 0.4) is 0 Å². The van der Waals surface area contributed by atoms with E-state index in [-0.39, 0.29) is 23.9 Å². The molecular weight excluding hydrogens is 509 g/mol. The Morgan fingerprint density at radius 1 is 1.16 bits per heavy atom. The molecule has 1 amide bonds. The van der Waals surface area contributed by atoms with Crippen molar-refractivity contribution in [2.45, 2.75) is 25.9 Å². The zero-order chi connectivity index (χ0) is 26.6. The predicted molar refractivity (Wildman–Crippen MR) is 136 cm³/mol. The van der Waals surface area contributed by atoms with Gasteiger partial charge in [-0.3, -0.25) is 14.6 Å². The molecular formula is C26H26ClF3N4O3. The Labute approximate surface area is 217 Å². The molecule has 0 unspecified atom stereocenters. The van der Waals surface area contributed by atoms with Gasteiger partial charge in [0.15, 0.2) is 0 Å². The molecule has 11 heteroatoms. The van der Waals surface area contributed by atoms with Crippen LogP contribution >= 0.6 is 11.6 Å². The van der Waals surface area contributed by atoms with Crippen molar-refractivity contribution in [1.82, 2.24) is 9.88 Å². The van der Waals surface area contributed by atoms with Crippen LogP contribution in [0.25, 0.3) is 10.9 Å². The van der Waals surface area contributed by atoms with E-state index in [0.29, 0.717) is 72.7 Å². The summed E-state index contributed by atoms with van der Waals surface area (Å²) in [6.45, 7) is 3.57. The van der Waals surface area contributed by atoms with Gasteiger partial charge in [0.1, 0.15) is 0 Å². The molecule has 1 saturated heterocycles. The molecule has 1 aromatic heterocycles. The number of nitrogens with one attached hydrogen (secondary N) is 1. The Morgan fingerprint density at radius 3 is 2.59 bits per heavy atom. The lowest BCUT2D eigenvalue weighted by atomic mass is 10.1. The first-order valence-corrected chi connectivity index (χ1v) is 12.2. The van der Waals surface area contributed by atoms with Gasteiger partial charge in [-0.2, -0.15) is 13.2 Å². The number of halogens is 4. The normalized spacial score (nSPS) is 14.1. The predicted octanol–water partition coefficient (Wildman–Crippen LogP) is 5.42. The van der Waals surface area contributed by atoms with Crippen molar-refractivity contribution in [3.05, 3.63) is 58.7 Å². The average molecular weight is 535 g/mol. The molecule has 1 fully saturated rings. The third kappa shape index (κ3) is 6.07. The van der Waals surface area contributed by atoms with Crippen molar-refractivity contribution in [3.8, 4) is 0 Å². The zero-order valence-corrected chi connectivity index (χ0v) is 20.9. The average Bonchev–Trinajstić information content (AvgIpc) is 2.89. The van der Waals surface area contributed by atoms with E-state index >= 15 is 0 Å². The summed E-state index contributed by atoms with van der Waals surface area (Å²) < 4.78 is 47.3. The number of hydrogen-bond acceptors (Lipinski definition) is 6. The molecule has 37 heavy (non-hydrogen) atoms. The number of aromatic nitrogens is 1. The highest BCUT2D eigenvalue weighted by molar-refractivity contribution is 6.31. The monoisotopic (exact) mass is 534 g/mol. The highest BCUT2D eigenvalue weighted by Gasteiger charge is 2.36. The number of rotatable bonds is 8. The van der Waals surface area contributed by atoms with E-state index in [2.05, 4.69) is 10.3 Å². The largest absolute Gasteiger partial charge is 0.468 e. The first-order chi connectivity index (χ1) is 17.7. The minimum atomic E-state index is -4.59. The van der Waals surface area contributed by atoms with Gasteiger partial charge < -0.3 is 19.9 Å². The number of alkyl halides is 3. The quantitative estimate of drug-likeness (QED) is 0.307. The van der Waals surface area contributed by atoms with Gasteiger partial charge in [-0.15, -0.1) is 0 Å². The first kappa shape index (κ1) is 26.5. The first-order valence-electron chi connectivity index (χ1n) is 11.8. The fraction of sp³-hybridized carbons (Fsp3) is 0.346. The lowest BCUT2D eigenvalue weighted by Gasteiger charge is -2.37. The number of carbonyl (C=O) groups excluding carboxylic acids is 2. The SMILES string of the molecule is CCC(=O)N1CCN(c2ccc(Nc3c(CCOC=O)cnc4ccc(Cl)cc34)cc2C(F)(F)F)CC1. The number of benzene rings is 2. The highest BCUT2D eigenvalue weighted by atomic mass is 35.5. The van der Waals surface area contributed by atoms with Gasteiger partial charge in [0.25, 0.3) is 6.47 Å². The maximum absolute atomic E-state index is 14.2. The highest BCUT2D eigenvalue weighted by Crippen LogP contribution is 2.40. The molecule has 0 saturated carbocycles. The maximum atomic E-state index is 14.2. The number of amides is 1. The van der Waals surface area contributed by atoms with E-state index in [1.807, 2.05) is 0 Å². The van der Waals surface area contributed by atoms with Gasteiger partial charge in [0.2, 0.25) is 5.91 Å². The second-order valence-electron chi connectivity index (χ2n) is 8.61. The maximum Gasteiger partial charge on any atom is 0.418 e. The molecule has 1 aliphatic heterocycles. The number of piperazine rings is 1. The van der Waals surface area contributed by atoms with E-state index in [1.165, 1.54) is 6.07 Å². The van der Waals surface area contributed by atoms with Gasteiger partial charge in [-0.05, 0) is 42.0 Å². The summed E-state index contributed by atoms with van der Waals surface area (Å²) in [6.07, 6.45) is -2.32. The van der Waals surface area contributed by atoms with Crippen molar-refractivity contribution >= 4 is 51.9 Å². The topological polar surface area (TPSA) is 74.8 Å². The summed E-state index contributed by atoms with van der Waals surface area (Å²) in [4.78, 5) is 30.3.